The number of nitro groups is 1. The van der Waals surface area contributed by atoms with Crippen molar-refractivity contribution in [1.82, 2.24) is 9.78 Å². The Labute approximate surface area is 94.4 Å². The summed E-state index contributed by atoms with van der Waals surface area (Å²) in [5.74, 6) is 0.0319. The molecule has 6 nitrogen and oxygen atoms in total. The van der Waals surface area contributed by atoms with Gasteiger partial charge in [-0.3, -0.25) is 0 Å². The molecule has 0 spiro atoms. The van der Waals surface area contributed by atoms with Gasteiger partial charge in [0.2, 0.25) is 0 Å². The average Bonchev–Trinajstić information content (AvgIpc) is 2.57. The van der Waals surface area contributed by atoms with Crippen molar-refractivity contribution in [2.45, 2.75) is 39.3 Å². The Hall–Kier alpha value is -1.43. The van der Waals surface area contributed by atoms with Gasteiger partial charge in [0.15, 0.2) is 0 Å². The fourth-order valence-electron chi connectivity index (χ4n) is 1.32. The van der Waals surface area contributed by atoms with E-state index in [1.54, 1.807) is 14.0 Å². The lowest BCUT2D eigenvalue weighted by Gasteiger charge is -2.21. The molecule has 0 radical (unpaired) electrons. The van der Waals surface area contributed by atoms with Crippen LogP contribution in [0.25, 0.3) is 0 Å². The van der Waals surface area contributed by atoms with Crippen molar-refractivity contribution in [3.8, 4) is 0 Å². The first-order chi connectivity index (χ1) is 7.35. The molecule has 1 heterocycles. The lowest BCUT2D eigenvalue weighted by Crippen LogP contribution is -2.25. The van der Waals surface area contributed by atoms with Crippen molar-refractivity contribution < 1.29 is 9.66 Å². The fourth-order valence-corrected chi connectivity index (χ4v) is 1.32. The highest BCUT2D eigenvalue weighted by molar-refractivity contribution is 5.21. The van der Waals surface area contributed by atoms with Crippen LogP contribution in [-0.2, 0) is 11.3 Å². The summed E-state index contributed by atoms with van der Waals surface area (Å²) < 4.78 is 6.67. The Morgan fingerprint density at radius 3 is 2.75 bits per heavy atom. The topological polar surface area (TPSA) is 70.2 Å². The summed E-state index contributed by atoms with van der Waals surface area (Å²) in [7, 11) is 1.63. The molecule has 0 atom stereocenters. The van der Waals surface area contributed by atoms with Gasteiger partial charge in [0, 0.05) is 13.5 Å². The molecular weight excluding hydrogens is 210 g/mol. The number of aromatic nitrogens is 2. The molecule has 0 aliphatic heterocycles. The summed E-state index contributed by atoms with van der Waals surface area (Å²) in [5.41, 5.74) is 0.357. The van der Waals surface area contributed by atoms with Crippen molar-refractivity contribution >= 4 is 5.82 Å². The van der Waals surface area contributed by atoms with E-state index in [1.807, 2.05) is 13.8 Å². The SMILES string of the molecule is COC(C)(C)CCn1nc(C)cc1[N+](=O)[O-]. The average molecular weight is 227 g/mol. The molecule has 0 fully saturated rings. The van der Waals surface area contributed by atoms with E-state index in [2.05, 4.69) is 5.10 Å². The van der Waals surface area contributed by atoms with Crippen LogP contribution in [0.1, 0.15) is 26.0 Å². The van der Waals surface area contributed by atoms with Gasteiger partial charge in [-0.2, -0.15) is 0 Å². The Bertz CT molecular complexity index is 385. The Balaban J connectivity index is 2.77. The van der Waals surface area contributed by atoms with Gasteiger partial charge < -0.3 is 14.9 Å². The quantitative estimate of drug-likeness (QED) is 0.569. The molecule has 6 heteroatoms. The number of methoxy groups -OCH3 is 1. The summed E-state index contributed by atoms with van der Waals surface area (Å²) in [6.45, 7) is 6.10. The summed E-state index contributed by atoms with van der Waals surface area (Å²) in [6.07, 6.45) is 0.672. The zero-order chi connectivity index (χ0) is 12.3. The first-order valence-corrected chi connectivity index (χ1v) is 5.10. The Morgan fingerprint density at radius 1 is 1.62 bits per heavy atom. The fraction of sp³-hybridized carbons (Fsp3) is 0.700. The highest BCUT2D eigenvalue weighted by Gasteiger charge is 2.22. The highest BCUT2D eigenvalue weighted by atomic mass is 16.6. The van der Waals surface area contributed by atoms with Crippen molar-refractivity contribution in [3.63, 3.8) is 0 Å². The van der Waals surface area contributed by atoms with Crippen LogP contribution in [0.4, 0.5) is 5.82 Å². The molecule has 0 saturated carbocycles. The maximum Gasteiger partial charge on any atom is 0.345 e. The third kappa shape index (κ3) is 3.03. The van der Waals surface area contributed by atoms with Crippen molar-refractivity contribution in [3.05, 3.63) is 21.9 Å². The Kier molecular flexibility index (Phi) is 3.64. The predicted molar refractivity (Wildman–Crippen MR) is 59.3 cm³/mol. The van der Waals surface area contributed by atoms with Crippen LogP contribution in [0.3, 0.4) is 0 Å². The standard InChI is InChI=1S/C10H17N3O3/c1-8-7-9(13(14)15)12(11-8)6-5-10(2,3)16-4/h7H,5-6H2,1-4H3. The van der Waals surface area contributed by atoms with Gasteiger partial charge in [-0.15, -0.1) is 4.68 Å². The van der Waals surface area contributed by atoms with E-state index in [-0.39, 0.29) is 11.4 Å². The maximum atomic E-state index is 10.7. The lowest BCUT2D eigenvalue weighted by molar-refractivity contribution is -0.392. The molecule has 0 N–H and O–H groups in total. The molecule has 0 aliphatic rings. The van der Waals surface area contributed by atoms with Crippen LogP contribution in [0.15, 0.2) is 6.07 Å². The van der Waals surface area contributed by atoms with Gasteiger partial charge in [0.1, 0.15) is 6.54 Å². The molecule has 0 aliphatic carbocycles. The first kappa shape index (κ1) is 12.6. The molecule has 0 saturated heterocycles. The molecule has 0 aromatic carbocycles. The van der Waals surface area contributed by atoms with Crippen molar-refractivity contribution in [2.75, 3.05) is 7.11 Å². The van der Waals surface area contributed by atoms with E-state index >= 15 is 0 Å². The predicted octanol–water partition coefficient (Wildman–Crippen LogP) is 1.91. The molecule has 1 aromatic heterocycles. The normalized spacial score (nSPS) is 11.8. The zero-order valence-corrected chi connectivity index (χ0v) is 10.1. The third-order valence-corrected chi connectivity index (χ3v) is 2.55. The van der Waals surface area contributed by atoms with Gasteiger partial charge in [0.25, 0.3) is 0 Å². The van der Waals surface area contributed by atoms with Gasteiger partial charge in [-0.1, -0.05) is 5.10 Å². The van der Waals surface area contributed by atoms with Gasteiger partial charge in [-0.05, 0) is 25.7 Å². The van der Waals surface area contributed by atoms with Gasteiger partial charge >= 0.3 is 5.82 Å². The highest BCUT2D eigenvalue weighted by Crippen LogP contribution is 2.18. The van der Waals surface area contributed by atoms with Gasteiger partial charge in [-0.25, -0.2) is 0 Å². The van der Waals surface area contributed by atoms with E-state index in [0.29, 0.717) is 18.7 Å². The second-order valence-electron chi connectivity index (χ2n) is 4.34. The third-order valence-electron chi connectivity index (χ3n) is 2.55. The van der Waals surface area contributed by atoms with Gasteiger partial charge in [0.05, 0.1) is 17.4 Å². The summed E-state index contributed by atoms with van der Waals surface area (Å²) in [5, 5.41) is 14.8. The van der Waals surface area contributed by atoms with Crippen LogP contribution in [0.5, 0.6) is 0 Å². The minimum atomic E-state index is -0.417. The number of ether oxygens (including phenoxy) is 1. The number of rotatable bonds is 5. The monoisotopic (exact) mass is 227 g/mol. The molecule has 1 aromatic rings. The van der Waals surface area contributed by atoms with E-state index in [1.165, 1.54) is 10.7 Å². The van der Waals surface area contributed by atoms with Crippen LogP contribution in [0.2, 0.25) is 0 Å². The van der Waals surface area contributed by atoms with E-state index in [9.17, 15) is 10.1 Å². The number of hydrogen-bond acceptors (Lipinski definition) is 4. The number of nitrogens with zero attached hydrogens (tertiary/aromatic N) is 3. The van der Waals surface area contributed by atoms with Crippen molar-refractivity contribution in [1.29, 1.82) is 0 Å². The molecular formula is C10H17N3O3. The molecule has 1 rings (SSSR count). The second kappa shape index (κ2) is 4.61. The lowest BCUT2D eigenvalue weighted by atomic mass is 10.1. The maximum absolute atomic E-state index is 10.7. The summed E-state index contributed by atoms with van der Waals surface area (Å²) in [4.78, 5) is 10.3. The van der Waals surface area contributed by atoms with Crippen LogP contribution >= 0.6 is 0 Å². The number of aryl methyl sites for hydroxylation is 2. The molecule has 0 amide bonds. The van der Waals surface area contributed by atoms with Crippen LogP contribution in [0, 0.1) is 17.0 Å². The molecule has 0 unspecified atom stereocenters. The molecule has 90 valence electrons. The minimum Gasteiger partial charge on any atom is -0.379 e. The van der Waals surface area contributed by atoms with Crippen LogP contribution < -0.4 is 0 Å². The zero-order valence-electron chi connectivity index (χ0n) is 10.1. The first-order valence-electron chi connectivity index (χ1n) is 5.10. The smallest absolute Gasteiger partial charge is 0.345 e. The Morgan fingerprint density at radius 2 is 2.25 bits per heavy atom. The molecule has 16 heavy (non-hydrogen) atoms. The van der Waals surface area contributed by atoms with E-state index in [0.717, 1.165) is 0 Å². The van der Waals surface area contributed by atoms with E-state index < -0.39 is 4.92 Å². The summed E-state index contributed by atoms with van der Waals surface area (Å²) in [6, 6.07) is 1.47. The number of hydrogen-bond donors (Lipinski definition) is 0. The minimum absolute atomic E-state index is 0.0319. The largest absolute Gasteiger partial charge is 0.379 e. The van der Waals surface area contributed by atoms with Crippen molar-refractivity contribution in [2.24, 2.45) is 0 Å². The summed E-state index contributed by atoms with van der Waals surface area (Å²) >= 11 is 0. The molecule has 0 bridgehead atoms. The second-order valence-corrected chi connectivity index (χ2v) is 4.34. The van der Waals surface area contributed by atoms with E-state index in [4.69, 9.17) is 4.74 Å². The van der Waals surface area contributed by atoms with Crippen LogP contribution in [-0.4, -0.2) is 27.4 Å².